The lowest BCUT2D eigenvalue weighted by Crippen LogP contribution is -2.22. The highest BCUT2D eigenvalue weighted by molar-refractivity contribution is 5.95. The molecule has 0 aliphatic heterocycles. The molecule has 0 radical (unpaired) electrons. The molecule has 5 heteroatoms. The number of aromatic nitrogens is 1. The number of nitrogens with zero attached hydrogens (tertiary/aromatic N) is 1. The maximum absolute atomic E-state index is 11.7. The van der Waals surface area contributed by atoms with Crippen LogP contribution in [0.25, 0.3) is 0 Å². The molecule has 3 N–H and O–H groups in total. The summed E-state index contributed by atoms with van der Waals surface area (Å²) in [6.07, 6.45) is 3.99. The van der Waals surface area contributed by atoms with Crippen molar-refractivity contribution in [2.45, 2.75) is 26.7 Å². The first-order valence-corrected chi connectivity index (χ1v) is 6.56. The van der Waals surface area contributed by atoms with Gasteiger partial charge >= 0.3 is 5.97 Å². The minimum absolute atomic E-state index is 0.344. The van der Waals surface area contributed by atoms with Gasteiger partial charge in [-0.05, 0) is 30.2 Å². The molecule has 1 aromatic rings. The Bertz CT molecular complexity index is 482. The lowest BCUT2D eigenvalue weighted by Gasteiger charge is -2.21. The standard InChI is InChI=1S/C14H21N3O2/c1-9(2)14(4-5-14)8-17-12-11(13(18)19-3)6-10(15)7-16-12/h6-7,9H,4-5,8,15H2,1-3H3,(H,16,17). The Balaban J connectivity index is 2.14. The molecular formula is C14H21N3O2. The number of hydrogen-bond donors (Lipinski definition) is 2. The first-order chi connectivity index (χ1) is 8.98. The molecule has 104 valence electrons. The molecule has 1 aliphatic rings. The maximum Gasteiger partial charge on any atom is 0.341 e. The second-order valence-electron chi connectivity index (χ2n) is 5.53. The number of nitrogen functional groups attached to an aromatic ring is 1. The van der Waals surface area contributed by atoms with Gasteiger partial charge in [-0.3, -0.25) is 0 Å². The van der Waals surface area contributed by atoms with E-state index < -0.39 is 5.97 Å². The fourth-order valence-corrected chi connectivity index (χ4v) is 2.27. The molecule has 2 rings (SSSR count). The Kier molecular flexibility index (Phi) is 3.64. The van der Waals surface area contributed by atoms with Gasteiger partial charge in [-0.2, -0.15) is 0 Å². The Hall–Kier alpha value is -1.78. The molecule has 19 heavy (non-hydrogen) atoms. The van der Waals surface area contributed by atoms with Crippen LogP contribution >= 0.6 is 0 Å². The van der Waals surface area contributed by atoms with Crippen molar-refractivity contribution in [1.82, 2.24) is 4.98 Å². The summed E-state index contributed by atoms with van der Waals surface area (Å²) in [5, 5.41) is 3.27. The second kappa shape index (κ2) is 5.07. The first-order valence-electron chi connectivity index (χ1n) is 6.56. The van der Waals surface area contributed by atoms with E-state index in [9.17, 15) is 4.79 Å². The molecule has 0 amide bonds. The van der Waals surface area contributed by atoms with Crippen molar-refractivity contribution in [3.05, 3.63) is 17.8 Å². The lowest BCUT2D eigenvalue weighted by molar-refractivity contribution is 0.0601. The van der Waals surface area contributed by atoms with Gasteiger partial charge in [-0.1, -0.05) is 13.8 Å². The summed E-state index contributed by atoms with van der Waals surface area (Å²) in [6.45, 7) is 5.28. The fraction of sp³-hybridized carbons (Fsp3) is 0.571. The van der Waals surface area contributed by atoms with Crippen molar-refractivity contribution in [2.75, 3.05) is 24.7 Å². The summed E-state index contributed by atoms with van der Waals surface area (Å²) in [5.41, 5.74) is 6.85. The normalized spacial score (nSPS) is 16.2. The molecule has 1 heterocycles. The number of carbonyl (C=O) groups is 1. The molecule has 1 aromatic heterocycles. The third kappa shape index (κ3) is 2.80. The SMILES string of the molecule is COC(=O)c1cc(N)cnc1NCC1(C(C)C)CC1. The predicted molar refractivity (Wildman–Crippen MR) is 75.0 cm³/mol. The molecule has 1 aliphatic carbocycles. The van der Waals surface area contributed by atoms with E-state index in [4.69, 9.17) is 10.5 Å². The average molecular weight is 263 g/mol. The zero-order valence-corrected chi connectivity index (χ0v) is 11.7. The summed E-state index contributed by atoms with van der Waals surface area (Å²) in [7, 11) is 1.35. The molecule has 0 saturated heterocycles. The van der Waals surface area contributed by atoms with Crippen LogP contribution in [0.1, 0.15) is 37.0 Å². The van der Waals surface area contributed by atoms with Crippen LogP contribution in [0.3, 0.4) is 0 Å². The Morgan fingerprint density at radius 1 is 1.58 bits per heavy atom. The van der Waals surface area contributed by atoms with E-state index in [1.807, 2.05) is 0 Å². The molecular weight excluding hydrogens is 242 g/mol. The highest BCUT2D eigenvalue weighted by atomic mass is 16.5. The van der Waals surface area contributed by atoms with Gasteiger partial charge in [0, 0.05) is 6.54 Å². The number of ether oxygens (including phenoxy) is 1. The van der Waals surface area contributed by atoms with Crippen molar-refractivity contribution >= 4 is 17.5 Å². The van der Waals surface area contributed by atoms with E-state index >= 15 is 0 Å². The third-order valence-corrected chi connectivity index (χ3v) is 4.04. The molecule has 0 atom stereocenters. The van der Waals surface area contributed by atoms with Gasteiger partial charge < -0.3 is 15.8 Å². The lowest BCUT2D eigenvalue weighted by atomic mass is 9.92. The predicted octanol–water partition coefficient (Wildman–Crippen LogP) is 2.30. The molecule has 5 nitrogen and oxygen atoms in total. The van der Waals surface area contributed by atoms with E-state index in [1.165, 1.54) is 20.0 Å². The molecule has 0 bridgehead atoms. The van der Waals surface area contributed by atoms with Crippen LogP contribution in [0.4, 0.5) is 11.5 Å². The minimum atomic E-state index is -0.420. The second-order valence-corrected chi connectivity index (χ2v) is 5.53. The van der Waals surface area contributed by atoms with Gasteiger partial charge in [0.05, 0.1) is 19.0 Å². The van der Waals surface area contributed by atoms with Crippen LogP contribution in [-0.2, 0) is 4.74 Å². The number of hydrogen-bond acceptors (Lipinski definition) is 5. The Morgan fingerprint density at radius 2 is 2.26 bits per heavy atom. The van der Waals surface area contributed by atoms with Gasteiger partial charge in [-0.25, -0.2) is 9.78 Å². The van der Waals surface area contributed by atoms with Crippen molar-refractivity contribution in [3.8, 4) is 0 Å². The summed E-state index contributed by atoms with van der Waals surface area (Å²) < 4.78 is 4.75. The molecule has 0 aromatic carbocycles. The van der Waals surface area contributed by atoms with Gasteiger partial charge in [0.2, 0.25) is 0 Å². The van der Waals surface area contributed by atoms with Crippen LogP contribution in [0, 0.1) is 11.3 Å². The van der Waals surface area contributed by atoms with Crippen LogP contribution in [-0.4, -0.2) is 24.6 Å². The number of nitrogens with two attached hydrogens (primary N) is 1. The van der Waals surface area contributed by atoms with Crippen LogP contribution < -0.4 is 11.1 Å². The quantitative estimate of drug-likeness (QED) is 0.797. The van der Waals surface area contributed by atoms with Crippen molar-refractivity contribution in [1.29, 1.82) is 0 Å². The van der Waals surface area contributed by atoms with Crippen molar-refractivity contribution in [2.24, 2.45) is 11.3 Å². The smallest absolute Gasteiger partial charge is 0.341 e. The number of pyridine rings is 1. The minimum Gasteiger partial charge on any atom is -0.465 e. The van der Waals surface area contributed by atoms with E-state index in [2.05, 4.69) is 24.1 Å². The maximum atomic E-state index is 11.7. The summed E-state index contributed by atoms with van der Waals surface area (Å²) >= 11 is 0. The zero-order valence-electron chi connectivity index (χ0n) is 11.7. The van der Waals surface area contributed by atoms with E-state index in [-0.39, 0.29) is 0 Å². The van der Waals surface area contributed by atoms with E-state index in [0.717, 1.165) is 6.54 Å². The summed E-state index contributed by atoms with van der Waals surface area (Å²) in [6, 6.07) is 1.59. The average Bonchev–Trinajstić information content (AvgIpc) is 3.17. The number of nitrogens with one attached hydrogen (secondary N) is 1. The number of rotatable bonds is 5. The van der Waals surface area contributed by atoms with Gasteiger partial charge in [-0.15, -0.1) is 0 Å². The molecule has 0 unspecified atom stereocenters. The van der Waals surface area contributed by atoms with Gasteiger partial charge in [0.25, 0.3) is 0 Å². The number of carbonyl (C=O) groups excluding carboxylic acids is 1. The van der Waals surface area contributed by atoms with Crippen LogP contribution in [0.15, 0.2) is 12.3 Å². The number of esters is 1. The molecule has 0 spiro atoms. The molecule has 1 saturated carbocycles. The third-order valence-electron chi connectivity index (χ3n) is 4.04. The largest absolute Gasteiger partial charge is 0.465 e. The highest BCUT2D eigenvalue weighted by Crippen LogP contribution is 2.51. The molecule has 1 fully saturated rings. The number of methoxy groups -OCH3 is 1. The Morgan fingerprint density at radius 3 is 2.79 bits per heavy atom. The van der Waals surface area contributed by atoms with Gasteiger partial charge in [0.15, 0.2) is 0 Å². The summed E-state index contributed by atoms with van der Waals surface area (Å²) in [4.78, 5) is 15.9. The van der Waals surface area contributed by atoms with Crippen molar-refractivity contribution in [3.63, 3.8) is 0 Å². The first kappa shape index (κ1) is 13.6. The van der Waals surface area contributed by atoms with Crippen LogP contribution in [0.2, 0.25) is 0 Å². The van der Waals surface area contributed by atoms with Crippen molar-refractivity contribution < 1.29 is 9.53 Å². The fourth-order valence-electron chi connectivity index (χ4n) is 2.27. The zero-order chi connectivity index (χ0) is 14.0. The van der Waals surface area contributed by atoms with E-state index in [0.29, 0.717) is 28.4 Å². The van der Waals surface area contributed by atoms with Gasteiger partial charge in [0.1, 0.15) is 11.4 Å². The Labute approximate surface area is 113 Å². The van der Waals surface area contributed by atoms with E-state index in [1.54, 1.807) is 12.3 Å². The summed E-state index contributed by atoms with van der Waals surface area (Å²) in [5.74, 6) is 0.750. The highest BCUT2D eigenvalue weighted by Gasteiger charge is 2.45. The topological polar surface area (TPSA) is 77.2 Å². The van der Waals surface area contributed by atoms with Crippen LogP contribution in [0.5, 0.6) is 0 Å². The number of anilines is 2. The monoisotopic (exact) mass is 263 g/mol.